The second-order valence-electron chi connectivity index (χ2n) is 4.13. The normalized spacial score (nSPS) is 9.71. The predicted octanol–water partition coefficient (Wildman–Crippen LogP) is 0.723. The van der Waals surface area contributed by atoms with Gasteiger partial charge in [-0.05, 0) is 13.1 Å². The molecule has 0 aliphatic heterocycles. The fourth-order valence-electron chi connectivity index (χ4n) is 1.60. The molecule has 0 aromatic heterocycles. The lowest BCUT2D eigenvalue weighted by Gasteiger charge is -2.11. The first-order chi connectivity index (χ1) is 10.1. The number of hydrogen-bond acceptors (Lipinski definition) is 6. The molecule has 0 bridgehead atoms. The molecule has 0 heterocycles. The summed E-state index contributed by atoms with van der Waals surface area (Å²) in [4.78, 5) is 21.7. The molecule has 1 rings (SSSR count). The average Bonchev–Trinajstić information content (AvgIpc) is 2.46. The van der Waals surface area contributed by atoms with E-state index in [1.807, 2.05) is 6.07 Å². The lowest BCUT2D eigenvalue weighted by Crippen LogP contribution is -2.29. The number of non-ortho nitro benzene ring substituents is 1. The molecule has 0 spiro atoms. The van der Waals surface area contributed by atoms with Crippen LogP contribution in [0.1, 0.15) is 12.0 Å². The third-order valence-electron chi connectivity index (χ3n) is 2.54. The zero-order chi connectivity index (χ0) is 15.7. The minimum Gasteiger partial charge on any atom is -0.483 e. The van der Waals surface area contributed by atoms with Gasteiger partial charge in [0.15, 0.2) is 6.61 Å². The van der Waals surface area contributed by atoms with Crippen LogP contribution in [0.25, 0.3) is 0 Å². The second kappa shape index (κ2) is 8.50. The van der Waals surface area contributed by atoms with Crippen molar-refractivity contribution in [1.29, 1.82) is 5.26 Å². The van der Waals surface area contributed by atoms with Gasteiger partial charge in [-0.1, -0.05) is 0 Å². The Bertz CT molecular complexity index is 554. The Morgan fingerprint density at radius 2 is 2.29 bits per heavy atom. The van der Waals surface area contributed by atoms with E-state index in [0.29, 0.717) is 17.9 Å². The number of nitrogens with one attached hydrogen (secondary N) is 2. The third kappa shape index (κ3) is 5.46. The maximum Gasteiger partial charge on any atom is 0.270 e. The highest BCUT2D eigenvalue weighted by atomic mass is 16.6. The molecule has 0 aliphatic carbocycles. The Morgan fingerprint density at radius 1 is 1.52 bits per heavy atom. The summed E-state index contributed by atoms with van der Waals surface area (Å²) in [5.41, 5.74) is 0.558. The van der Waals surface area contributed by atoms with Crippen molar-refractivity contribution < 1.29 is 14.5 Å². The Morgan fingerprint density at radius 3 is 2.90 bits per heavy atom. The molecule has 112 valence electrons. The molecule has 2 N–H and O–H groups in total. The minimum atomic E-state index is -0.489. The predicted molar refractivity (Wildman–Crippen MR) is 74.6 cm³/mol. The van der Waals surface area contributed by atoms with Crippen molar-refractivity contribution in [1.82, 2.24) is 10.6 Å². The smallest absolute Gasteiger partial charge is 0.270 e. The van der Waals surface area contributed by atoms with Crippen LogP contribution in [0.3, 0.4) is 0 Å². The van der Waals surface area contributed by atoms with Crippen molar-refractivity contribution in [3.05, 3.63) is 33.9 Å². The van der Waals surface area contributed by atoms with Gasteiger partial charge in [0.2, 0.25) is 0 Å². The van der Waals surface area contributed by atoms with Gasteiger partial charge in [-0.3, -0.25) is 14.9 Å². The van der Waals surface area contributed by atoms with E-state index in [-0.39, 0.29) is 31.2 Å². The van der Waals surface area contributed by atoms with Crippen molar-refractivity contribution >= 4 is 11.6 Å². The van der Waals surface area contributed by atoms with Gasteiger partial charge in [-0.25, -0.2) is 0 Å². The summed E-state index contributed by atoms with van der Waals surface area (Å²) in [5, 5.41) is 24.5. The van der Waals surface area contributed by atoms with Gasteiger partial charge in [0, 0.05) is 30.8 Å². The highest BCUT2D eigenvalue weighted by Gasteiger charge is 2.12. The molecular formula is C13H16N4O4. The van der Waals surface area contributed by atoms with Gasteiger partial charge in [0.25, 0.3) is 11.6 Å². The molecule has 0 saturated heterocycles. The Labute approximate surface area is 121 Å². The first-order valence-corrected chi connectivity index (χ1v) is 6.27. The van der Waals surface area contributed by atoms with Crippen LogP contribution in [0.15, 0.2) is 18.2 Å². The number of nitriles is 1. The highest BCUT2D eigenvalue weighted by Crippen LogP contribution is 2.24. The standard InChI is InChI=1S/C13H16N4O4/c1-15-8-10-7-11(17(19)20)3-4-12(10)21-9-13(18)16-6-2-5-14/h3-4,7,15H,2,6,8-9H2,1H3,(H,16,18). The van der Waals surface area contributed by atoms with E-state index in [2.05, 4.69) is 10.6 Å². The van der Waals surface area contributed by atoms with Gasteiger partial charge in [0.05, 0.1) is 17.4 Å². The molecular weight excluding hydrogens is 276 g/mol. The summed E-state index contributed by atoms with van der Waals surface area (Å²) < 4.78 is 5.36. The van der Waals surface area contributed by atoms with Crippen LogP contribution in [0, 0.1) is 21.4 Å². The van der Waals surface area contributed by atoms with E-state index in [4.69, 9.17) is 10.00 Å². The topological polar surface area (TPSA) is 117 Å². The Kier molecular flexibility index (Phi) is 6.63. The Balaban J connectivity index is 2.67. The van der Waals surface area contributed by atoms with Crippen LogP contribution in [0.2, 0.25) is 0 Å². The van der Waals surface area contributed by atoms with E-state index in [1.165, 1.54) is 18.2 Å². The molecule has 21 heavy (non-hydrogen) atoms. The van der Waals surface area contributed by atoms with Crippen molar-refractivity contribution in [2.45, 2.75) is 13.0 Å². The molecule has 1 amide bonds. The van der Waals surface area contributed by atoms with Crippen LogP contribution in [0.5, 0.6) is 5.75 Å². The van der Waals surface area contributed by atoms with Crippen LogP contribution in [-0.2, 0) is 11.3 Å². The fraction of sp³-hybridized carbons (Fsp3) is 0.385. The summed E-state index contributed by atoms with van der Waals surface area (Å²) >= 11 is 0. The first kappa shape index (κ1) is 16.4. The zero-order valence-corrected chi connectivity index (χ0v) is 11.6. The molecule has 0 unspecified atom stereocenters. The number of nitro groups is 1. The summed E-state index contributed by atoms with van der Waals surface area (Å²) in [6.45, 7) is 0.440. The van der Waals surface area contributed by atoms with Gasteiger partial charge in [0.1, 0.15) is 5.75 Å². The second-order valence-corrected chi connectivity index (χ2v) is 4.13. The number of carbonyl (C=O) groups is 1. The van der Waals surface area contributed by atoms with Crippen molar-refractivity contribution in [2.75, 3.05) is 20.2 Å². The lowest BCUT2D eigenvalue weighted by atomic mass is 10.2. The fourth-order valence-corrected chi connectivity index (χ4v) is 1.60. The van der Waals surface area contributed by atoms with Crippen LogP contribution < -0.4 is 15.4 Å². The monoisotopic (exact) mass is 292 g/mol. The first-order valence-electron chi connectivity index (χ1n) is 6.27. The Hall–Kier alpha value is -2.66. The summed E-state index contributed by atoms with van der Waals surface area (Å²) in [5.74, 6) is 0.0596. The molecule has 8 nitrogen and oxygen atoms in total. The molecule has 8 heteroatoms. The van der Waals surface area contributed by atoms with Crippen LogP contribution in [0.4, 0.5) is 5.69 Å². The van der Waals surface area contributed by atoms with E-state index in [9.17, 15) is 14.9 Å². The van der Waals surface area contributed by atoms with Crippen LogP contribution >= 0.6 is 0 Å². The zero-order valence-electron chi connectivity index (χ0n) is 11.6. The molecule has 0 radical (unpaired) electrons. The molecule has 0 fully saturated rings. The van der Waals surface area contributed by atoms with E-state index in [1.54, 1.807) is 7.05 Å². The van der Waals surface area contributed by atoms with Crippen molar-refractivity contribution in [3.8, 4) is 11.8 Å². The van der Waals surface area contributed by atoms with Crippen molar-refractivity contribution in [2.24, 2.45) is 0 Å². The summed E-state index contributed by atoms with van der Waals surface area (Å²) in [6.07, 6.45) is 0.230. The maximum absolute atomic E-state index is 11.5. The molecule has 0 atom stereocenters. The number of nitro benzene ring substituents is 1. The number of benzene rings is 1. The minimum absolute atomic E-state index is 0.0360. The SMILES string of the molecule is CNCc1cc([N+](=O)[O-])ccc1OCC(=O)NCCC#N. The lowest BCUT2D eigenvalue weighted by molar-refractivity contribution is -0.384. The van der Waals surface area contributed by atoms with Gasteiger partial charge in [-0.2, -0.15) is 5.26 Å². The number of rotatable bonds is 8. The summed E-state index contributed by atoms with van der Waals surface area (Å²) in [6, 6.07) is 6.10. The third-order valence-corrected chi connectivity index (χ3v) is 2.54. The van der Waals surface area contributed by atoms with E-state index in [0.717, 1.165) is 0 Å². The molecule has 0 aliphatic rings. The maximum atomic E-state index is 11.5. The van der Waals surface area contributed by atoms with Gasteiger partial charge >= 0.3 is 0 Å². The molecule has 1 aromatic carbocycles. The quantitative estimate of drug-likeness (QED) is 0.414. The van der Waals surface area contributed by atoms with Gasteiger partial charge < -0.3 is 15.4 Å². The number of amides is 1. The van der Waals surface area contributed by atoms with Crippen LogP contribution in [-0.4, -0.2) is 31.0 Å². The number of nitrogens with zero attached hydrogens (tertiary/aromatic N) is 2. The van der Waals surface area contributed by atoms with Crippen molar-refractivity contribution in [3.63, 3.8) is 0 Å². The number of hydrogen-bond donors (Lipinski definition) is 2. The van der Waals surface area contributed by atoms with E-state index >= 15 is 0 Å². The number of ether oxygens (including phenoxy) is 1. The average molecular weight is 292 g/mol. The molecule has 0 saturated carbocycles. The largest absolute Gasteiger partial charge is 0.483 e. The van der Waals surface area contributed by atoms with E-state index < -0.39 is 4.92 Å². The van der Waals surface area contributed by atoms with Gasteiger partial charge in [-0.15, -0.1) is 0 Å². The number of carbonyl (C=O) groups excluding carboxylic acids is 1. The highest BCUT2D eigenvalue weighted by molar-refractivity contribution is 5.77. The molecule has 1 aromatic rings. The summed E-state index contributed by atoms with van der Waals surface area (Å²) in [7, 11) is 1.71.